The van der Waals surface area contributed by atoms with E-state index in [0.717, 1.165) is 42.5 Å². The SMILES string of the molecule is COc1cccc(-c2cnc(CC3CNC3)o2)c1. The molecule has 4 heteroatoms. The number of benzene rings is 1. The Labute approximate surface area is 106 Å². The van der Waals surface area contributed by atoms with E-state index >= 15 is 0 Å². The summed E-state index contributed by atoms with van der Waals surface area (Å²) in [6.45, 7) is 2.13. The second-order valence-electron chi connectivity index (χ2n) is 4.58. The molecule has 4 nitrogen and oxygen atoms in total. The van der Waals surface area contributed by atoms with Crippen LogP contribution in [0.4, 0.5) is 0 Å². The molecule has 2 heterocycles. The van der Waals surface area contributed by atoms with Crippen molar-refractivity contribution >= 4 is 0 Å². The third-order valence-corrected chi connectivity index (χ3v) is 3.24. The summed E-state index contributed by atoms with van der Waals surface area (Å²) < 4.78 is 11.0. The fourth-order valence-electron chi connectivity index (χ4n) is 2.05. The van der Waals surface area contributed by atoms with Crippen molar-refractivity contribution in [2.75, 3.05) is 20.2 Å². The van der Waals surface area contributed by atoms with Crippen LogP contribution in [0.15, 0.2) is 34.9 Å². The number of aromatic nitrogens is 1. The lowest BCUT2D eigenvalue weighted by molar-refractivity contribution is 0.319. The fourth-order valence-corrected chi connectivity index (χ4v) is 2.05. The molecule has 0 atom stereocenters. The minimum Gasteiger partial charge on any atom is -0.497 e. The molecule has 1 N–H and O–H groups in total. The maximum Gasteiger partial charge on any atom is 0.195 e. The summed E-state index contributed by atoms with van der Waals surface area (Å²) in [7, 11) is 1.66. The van der Waals surface area contributed by atoms with Gasteiger partial charge in [-0.1, -0.05) is 12.1 Å². The number of ether oxygens (including phenoxy) is 1. The Hall–Kier alpha value is -1.81. The van der Waals surface area contributed by atoms with E-state index in [0.29, 0.717) is 5.92 Å². The lowest BCUT2D eigenvalue weighted by Crippen LogP contribution is -2.43. The topological polar surface area (TPSA) is 47.3 Å². The van der Waals surface area contributed by atoms with Crippen molar-refractivity contribution in [3.05, 3.63) is 36.4 Å². The van der Waals surface area contributed by atoms with Crippen LogP contribution < -0.4 is 10.1 Å². The first kappa shape index (κ1) is 11.3. The summed E-state index contributed by atoms with van der Waals surface area (Å²) >= 11 is 0. The molecule has 0 aliphatic carbocycles. The first-order valence-electron chi connectivity index (χ1n) is 6.15. The molecule has 94 valence electrons. The van der Waals surface area contributed by atoms with Crippen LogP contribution in [0.3, 0.4) is 0 Å². The summed E-state index contributed by atoms with van der Waals surface area (Å²) in [5.41, 5.74) is 1.000. The van der Waals surface area contributed by atoms with E-state index in [4.69, 9.17) is 9.15 Å². The predicted octanol–water partition coefficient (Wildman–Crippen LogP) is 2.11. The Balaban J connectivity index is 1.78. The minimum absolute atomic E-state index is 0.668. The largest absolute Gasteiger partial charge is 0.497 e. The van der Waals surface area contributed by atoms with Gasteiger partial charge >= 0.3 is 0 Å². The van der Waals surface area contributed by atoms with E-state index in [2.05, 4.69) is 10.3 Å². The van der Waals surface area contributed by atoms with Crippen LogP contribution in [-0.2, 0) is 6.42 Å². The molecule has 0 unspecified atom stereocenters. The Morgan fingerprint density at radius 3 is 3.06 bits per heavy atom. The van der Waals surface area contributed by atoms with Crippen molar-refractivity contribution in [3.63, 3.8) is 0 Å². The molecular formula is C14H16N2O2. The van der Waals surface area contributed by atoms with E-state index in [1.807, 2.05) is 24.3 Å². The van der Waals surface area contributed by atoms with Gasteiger partial charge in [0, 0.05) is 12.0 Å². The first-order chi connectivity index (χ1) is 8.85. The zero-order valence-electron chi connectivity index (χ0n) is 10.3. The number of nitrogens with zero attached hydrogens (tertiary/aromatic N) is 1. The van der Waals surface area contributed by atoms with Crippen LogP contribution in [0.1, 0.15) is 5.89 Å². The first-order valence-corrected chi connectivity index (χ1v) is 6.15. The van der Waals surface area contributed by atoms with Gasteiger partial charge in [-0.05, 0) is 31.1 Å². The molecule has 1 aromatic heterocycles. The summed E-state index contributed by atoms with van der Waals surface area (Å²) in [6, 6.07) is 7.82. The van der Waals surface area contributed by atoms with Gasteiger partial charge in [-0.3, -0.25) is 0 Å². The quantitative estimate of drug-likeness (QED) is 0.894. The van der Waals surface area contributed by atoms with E-state index in [1.165, 1.54) is 0 Å². The van der Waals surface area contributed by atoms with Gasteiger partial charge in [-0.15, -0.1) is 0 Å². The lowest BCUT2D eigenvalue weighted by atomic mass is 10.00. The highest BCUT2D eigenvalue weighted by molar-refractivity contribution is 5.58. The molecule has 0 amide bonds. The zero-order valence-corrected chi connectivity index (χ0v) is 10.3. The molecule has 1 aliphatic heterocycles. The van der Waals surface area contributed by atoms with Gasteiger partial charge in [0.05, 0.1) is 13.3 Å². The van der Waals surface area contributed by atoms with Crippen LogP contribution in [0.5, 0.6) is 5.75 Å². The smallest absolute Gasteiger partial charge is 0.195 e. The Kier molecular flexibility index (Phi) is 3.02. The molecule has 0 radical (unpaired) electrons. The molecule has 1 aromatic carbocycles. The highest BCUT2D eigenvalue weighted by Crippen LogP contribution is 2.25. The van der Waals surface area contributed by atoms with Crippen molar-refractivity contribution in [2.45, 2.75) is 6.42 Å². The average Bonchev–Trinajstić information content (AvgIpc) is 2.83. The fraction of sp³-hybridized carbons (Fsp3) is 0.357. The van der Waals surface area contributed by atoms with Crippen LogP contribution in [0.2, 0.25) is 0 Å². The van der Waals surface area contributed by atoms with Crippen LogP contribution >= 0.6 is 0 Å². The van der Waals surface area contributed by atoms with E-state index < -0.39 is 0 Å². The average molecular weight is 244 g/mol. The Morgan fingerprint density at radius 2 is 2.33 bits per heavy atom. The molecular weight excluding hydrogens is 228 g/mol. The van der Waals surface area contributed by atoms with Crippen molar-refractivity contribution in [2.24, 2.45) is 5.92 Å². The molecule has 1 fully saturated rings. The van der Waals surface area contributed by atoms with Gasteiger partial charge in [0.25, 0.3) is 0 Å². The van der Waals surface area contributed by atoms with Gasteiger partial charge < -0.3 is 14.5 Å². The lowest BCUT2D eigenvalue weighted by Gasteiger charge is -2.25. The van der Waals surface area contributed by atoms with Gasteiger partial charge in [-0.25, -0.2) is 4.98 Å². The van der Waals surface area contributed by atoms with Gasteiger partial charge in [0.1, 0.15) is 5.75 Å². The summed E-state index contributed by atoms with van der Waals surface area (Å²) in [4.78, 5) is 4.33. The molecule has 3 rings (SSSR count). The van der Waals surface area contributed by atoms with Crippen molar-refractivity contribution < 1.29 is 9.15 Å². The van der Waals surface area contributed by atoms with Gasteiger partial charge in [-0.2, -0.15) is 0 Å². The number of hydrogen-bond donors (Lipinski definition) is 1. The van der Waals surface area contributed by atoms with E-state index in [1.54, 1.807) is 13.3 Å². The number of rotatable bonds is 4. The van der Waals surface area contributed by atoms with Crippen LogP contribution in [0, 0.1) is 5.92 Å². The minimum atomic E-state index is 0.668. The van der Waals surface area contributed by atoms with Gasteiger partial charge in [0.15, 0.2) is 11.7 Å². The van der Waals surface area contributed by atoms with Crippen molar-refractivity contribution in [3.8, 4) is 17.1 Å². The van der Waals surface area contributed by atoms with Crippen LogP contribution in [-0.4, -0.2) is 25.2 Å². The molecule has 1 saturated heterocycles. The van der Waals surface area contributed by atoms with Gasteiger partial charge in [0.2, 0.25) is 0 Å². The summed E-state index contributed by atoms with van der Waals surface area (Å²) in [5.74, 6) is 3.12. The molecule has 0 bridgehead atoms. The monoisotopic (exact) mass is 244 g/mol. The molecule has 18 heavy (non-hydrogen) atoms. The normalized spacial score (nSPS) is 15.4. The number of hydrogen-bond acceptors (Lipinski definition) is 4. The maximum absolute atomic E-state index is 5.78. The highest BCUT2D eigenvalue weighted by atomic mass is 16.5. The molecule has 0 spiro atoms. The van der Waals surface area contributed by atoms with Crippen molar-refractivity contribution in [1.82, 2.24) is 10.3 Å². The second kappa shape index (κ2) is 4.82. The number of methoxy groups -OCH3 is 1. The van der Waals surface area contributed by atoms with Crippen molar-refractivity contribution in [1.29, 1.82) is 0 Å². The molecule has 0 saturated carbocycles. The standard InChI is InChI=1S/C14H16N2O2/c1-17-12-4-2-3-11(6-12)13-9-16-14(18-13)5-10-7-15-8-10/h2-4,6,9-10,15H,5,7-8H2,1H3. The maximum atomic E-state index is 5.78. The Morgan fingerprint density at radius 1 is 1.44 bits per heavy atom. The zero-order chi connectivity index (χ0) is 12.4. The molecule has 2 aromatic rings. The summed E-state index contributed by atoms with van der Waals surface area (Å²) in [5, 5.41) is 3.25. The third-order valence-electron chi connectivity index (χ3n) is 3.24. The number of oxazole rings is 1. The van der Waals surface area contributed by atoms with Crippen LogP contribution in [0.25, 0.3) is 11.3 Å². The second-order valence-corrected chi connectivity index (χ2v) is 4.58. The molecule has 1 aliphatic rings. The third kappa shape index (κ3) is 2.24. The van der Waals surface area contributed by atoms with E-state index in [-0.39, 0.29) is 0 Å². The van der Waals surface area contributed by atoms with E-state index in [9.17, 15) is 0 Å². The highest BCUT2D eigenvalue weighted by Gasteiger charge is 2.19. The Bertz CT molecular complexity index is 532. The summed E-state index contributed by atoms with van der Waals surface area (Å²) in [6.07, 6.45) is 2.70. The number of nitrogens with one attached hydrogen (secondary N) is 1. The predicted molar refractivity (Wildman–Crippen MR) is 68.6 cm³/mol.